The maximum Gasteiger partial charge on any atom is 0.282 e. The van der Waals surface area contributed by atoms with Crippen molar-refractivity contribution in [1.82, 2.24) is 15.5 Å². The molecule has 1 aliphatic rings. The number of nitrogens with zero attached hydrogens (tertiary/aromatic N) is 2. The van der Waals surface area contributed by atoms with Crippen molar-refractivity contribution in [3.63, 3.8) is 0 Å². The summed E-state index contributed by atoms with van der Waals surface area (Å²) in [6.07, 6.45) is 4.48. The van der Waals surface area contributed by atoms with E-state index in [-0.39, 0.29) is 11.4 Å². The first-order valence-corrected chi connectivity index (χ1v) is 6.28. The summed E-state index contributed by atoms with van der Waals surface area (Å²) in [6.45, 7) is 2.10. The van der Waals surface area contributed by atoms with Gasteiger partial charge in [0, 0.05) is 12.6 Å². The molecule has 16 heavy (non-hydrogen) atoms. The molecule has 0 atom stereocenters. The molecule has 1 amide bonds. The number of anilines is 1. The highest BCUT2D eigenvalue weighted by atomic mass is 32.1. The molecule has 88 valence electrons. The first kappa shape index (κ1) is 11.3. The largest absolute Gasteiger partial charge is 0.363 e. The molecule has 1 aromatic heterocycles. The van der Waals surface area contributed by atoms with Crippen LogP contribution in [0.4, 0.5) is 5.13 Å². The molecule has 2 rings (SSSR count). The van der Waals surface area contributed by atoms with Gasteiger partial charge >= 0.3 is 0 Å². The number of amides is 1. The van der Waals surface area contributed by atoms with Gasteiger partial charge < -0.3 is 10.6 Å². The number of nitrogens with one attached hydrogen (secondary N) is 2. The van der Waals surface area contributed by atoms with Gasteiger partial charge in [0.25, 0.3) is 5.91 Å². The normalized spacial score (nSPS) is 18.4. The van der Waals surface area contributed by atoms with Crippen molar-refractivity contribution in [3.8, 4) is 0 Å². The topological polar surface area (TPSA) is 66.9 Å². The minimum Gasteiger partial charge on any atom is -0.363 e. The lowest BCUT2D eigenvalue weighted by atomic mass is 10.0. The average molecular weight is 240 g/mol. The summed E-state index contributed by atoms with van der Waals surface area (Å²) in [5.74, 6) is -0.108. The van der Waals surface area contributed by atoms with E-state index in [1.807, 2.05) is 0 Å². The van der Waals surface area contributed by atoms with E-state index in [1.54, 1.807) is 7.05 Å². The third kappa shape index (κ3) is 2.32. The second-order valence-electron chi connectivity index (χ2n) is 4.38. The lowest BCUT2D eigenvalue weighted by molar-refractivity contribution is 0.0907. The third-order valence-corrected chi connectivity index (χ3v) is 3.90. The van der Waals surface area contributed by atoms with Gasteiger partial charge in [0.15, 0.2) is 0 Å². The van der Waals surface area contributed by atoms with E-state index in [2.05, 4.69) is 27.8 Å². The zero-order valence-electron chi connectivity index (χ0n) is 9.54. The standard InChI is InChI=1S/C10H16N4OS/c1-10(5-3-4-6-10)12-7(15)8-13-14-9(11-2)16-8/h3-6H2,1-2H3,(H,11,14)(H,12,15). The molecule has 0 spiro atoms. The van der Waals surface area contributed by atoms with E-state index in [4.69, 9.17) is 0 Å². The van der Waals surface area contributed by atoms with E-state index in [9.17, 15) is 4.79 Å². The summed E-state index contributed by atoms with van der Waals surface area (Å²) in [7, 11) is 1.76. The molecular weight excluding hydrogens is 224 g/mol. The Kier molecular flexibility index (Phi) is 3.09. The first-order chi connectivity index (χ1) is 7.63. The number of carbonyl (C=O) groups is 1. The number of hydrogen-bond donors (Lipinski definition) is 2. The van der Waals surface area contributed by atoms with Crippen molar-refractivity contribution in [3.05, 3.63) is 5.01 Å². The van der Waals surface area contributed by atoms with Crippen molar-refractivity contribution >= 4 is 22.4 Å². The highest BCUT2D eigenvalue weighted by Crippen LogP contribution is 2.29. The molecule has 1 fully saturated rings. The van der Waals surface area contributed by atoms with Crippen LogP contribution < -0.4 is 10.6 Å². The van der Waals surface area contributed by atoms with Crippen LogP contribution in [0.3, 0.4) is 0 Å². The predicted octanol–water partition coefficient (Wildman–Crippen LogP) is 1.64. The van der Waals surface area contributed by atoms with Crippen molar-refractivity contribution in [2.45, 2.75) is 38.1 Å². The molecule has 0 radical (unpaired) electrons. The van der Waals surface area contributed by atoms with Crippen LogP contribution in [0, 0.1) is 0 Å². The Morgan fingerprint density at radius 3 is 2.62 bits per heavy atom. The van der Waals surface area contributed by atoms with E-state index in [1.165, 1.54) is 24.2 Å². The quantitative estimate of drug-likeness (QED) is 0.843. The minimum atomic E-state index is -0.108. The van der Waals surface area contributed by atoms with E-state index >= 15 is 0 Å². The molecular formula is C10H16N4OS. The number of rotatable bonds is 3. The molecule has 5 nitrogen and oxygen atoms in total. The molecule has 0 bridgehead atoms. The van der Waals surface area contributed by atoms with Crippen LogP contribution in [0.25, 0.3) is 0 Å². The van der Waals surface area contributed by atoms with Crippen LogP contribution in [0.2, 0.25) is 0 Å². The van der Waals surface area contributed by atoms with Gasteiger partial charge in [-0.3, -0.25) is 4.79 Å². The molecule has 0 unspecified atom stereocenters. The van der Waals surface area contributed by atoms with E-state index in [0.717, 1.165) is 12.8 Å². The average Bonchev–Trinajstić information content (AvgIpc) is 2.86. The highest BCUT2D eigenvalue weighted by molar-refractivity contribution is 7.17. The van der Waals surface area contributed by atoms with Crippen molar-refractivity contribution in [1.29, 1.82) is 0 Å². The van der Waals surface area contributed by atoms with Gasteiger partial charge in [-0.25, -0.2) is 0 Å². The Balaban J connectivity index is 2.02. The summed E-state index contributed by atoms with van der Waals surface area (Å²) >= 11 is 1.28. The fraction of sp³-hybridized carbons (Fsp3) is 0.700. The SMILES string of the molecule is CNc1nnc(C(=O)NC2(C)CCCC2)s1. The molecule has 2 N–H and O–H groups in total. The molecule has 0 saturated heterocycles. The molecule has 6 heteroatoms. The Hall–Kier alpha value is -1.17. The molecule has 1 heterocycles. The van der Waals surface area contributed by atoms with Crippen LogP contribution in [0.5, 0.6) is 0 Å². The lowest BCUT2D eigenvalue weighted by Gasteiger charge is -2.24. The van der Waals surface area contributed by atoms with Gasteiger partial charge in [0.1, 0.15) is 0 Å². The number of aromatic nitrogens is 2. The lowest BCUT2D eigenvalue weighted by Crippen LogP contribution is -2.43. The zero-order valence-corrected chi connectivity index (χ0v) is 10.4. The summed E-state index contributed by atoms with van der Waals surface area (Å²) in [4.78, 5) is 11.9. The smallest absolute Gasteiger partial charge is 0.282 e. The van der Waals surface area contributed by atoms with Gasteiger partial charge in [0.2, 0.25) is 10.1 Å². The van der Waals surface area contributed by atoms with Crippen LogP contribution in [0.1, 0.15) is 42.4 Å². The maximum absolute atomic E-state index is 11.9. The van der Waals surface area contributed by atoms with Gasteiger partial charge in [-0.15, -0.1) is 10.2 Å². The summed E-state index contributed by atoms with van der Waals surface area (Å²) in [5.41, 5.74) is -0.0530. The van der Waals surface area contributed by atoms with E-state index in [0.29, 0.717) is 10.1 Å². The van der Waals surface area contributed by atoms with Crippen molar-refractivity contribution in [2.24, 2.45) is 0 Å². The fourth-order valence-corrected chi connectivity index (χ4v) is 2.62. The number of hydrogen-bond acceptors (Lipinski definition) is 5. The highest BCUT2D eigenvalue weighted by Gasteiger charge is 2.31. The minimum absolute atomic E-state index is 0.0530. The second-order valence-corrected chi connectivity index (χ2v) is 5.36. The van der Waals surface area contributed by atoms with Crippen LogP contribution >= 0.6 is 11.3 Å². The Labute approximate surface area is 98.7 Å². The predicted molar refractivity (Wildman–Crippen MR) is 63.8 cm³/mol. The Morgan fingerprint density at radius 2 is 2.06 bits per heavy atom. The van der Waals surface area contributed by atoms with Crippen molar-refractivity contribution < 1.29 is 4.79 Å². The molecule has 0 aliphatic heterocycles. The van der Waals surface area contributed by atoms with Crippen LogP contribution in [0.15, 0.2) is 0 Å². The van der Waals surface area contributed by atoms with E-state index < -0.39 is 0 Å². The maximum atomic E-state index is 11.9. The number of carbonyl (C=O) groups excluding carboxylic acids is 1. The van der Waals surface area contributed by atoms with Crippen LogP contribution in [-0.4, -0.2) is 28.7 Å². The van der Waals surface area contributed by atoms with Gasteiger partial charge in [-0.1, -0.05) is 24.2 Å². The van der Waals surface area contributed by atoms with Crippen molar-refractivity contribution in [2.75, 3.05) is 12.4 Å². The second kappa shape index (κ2) is 4.37. The molecule has 1 saturated carbocycles. The zero-order chi connectivity index (χ0) is 11.6. The summed E-state index contributed by atoms with van der Waals surface area (Å²) in [5, 5.41) is 14.7. The third-order valence-electron chi connectivity index (χ3n) is 2.96. The molecule has 0 aromatic carbocycles. The Morgan fingerprint density at radius 1 is 1.38 bits per heavy atom. The first-order valence-electron chi connectivity index (χ1n) is 5.47. The van der Waals surface area contributed by atoms with Crippen LogP contribution in [-0.2, 0) is 0 Å². The van der Waals surface area contributed by atoms with Gasteiger partial charge in [-0.05, 0) is 19.8 Å². The Bertz CT molecular complexity index is 384. The fourth-order valence-electron chi connectivity index (χ4n) is 2.02. The van der Waals surface area contributed by atoms with Gasteiger partial charge in [0.05, 0.1) is 0 Å². The molecule has 1 aromatic rings. The summed E-state index contributed by atoms with van der Waals surface area (Å²) in [6, 6.07) is 0. The monoisotopic (exact) mass is 240 g/mol. The summed E-state index contributed by atoms with van der Waals surface area (Å²) < 4.78 is 0. The molecule has 1 aliphatic carbocycles. The van der Waals surface area contributed by atoms with Gasteiger partial charge in [-0.2, -0.15) is 0 Å².